The van der Waals surface area contributed by atoms with Gasteiger partial charge in [-0.1, -0.05) is 23.7 Å². The molecule has 10 heteroatoms. The first-order valence-electron chi connectivity index (χ1n) is 10.9. The zero-order chi connectivity index (χ0) is 25.7. The summed E-state index contributed by atoms with van der Waals surface area (Å²) in [7, 11) is 4.46. The summed E-state index contributed by atoms with van der Waals surface area (Å²) in [4.78, 5) is 24.4. The summed E-state index contributed by atoms with van der Waals surface area (Å²) in [5.74, 6) is -0.872. The number of methoxy groups -OCH3 is 1. The molecule has 1 fully saturated rings. The maximum absolute atomic E-state index is 12.2. The highest BCUT2D eigenvalue weighted by molar-refractivity contribution is 6.32. The molecule has 5 atom stereocenters. The van der Waals surface area contributed by atoms with E-state index in [-0.39, 0.29) is 29.2 Å². The molecule has 0 aliphatic carbocycles. The molecule has 3 rings (SSSR count). The van der Waals surface area contributed by atoms with E-state index in [9.17, 15) is 19.8 Å². The molecule has 0 saturated carbocycles. The maximum atomic E-state index is 12.2. The van der Waals surface area contributed by atoms with E-state index in [0.29, 0.717) is 22.3 Å². The third-order valence-electron chi connectivity index (χ3n) is 5.88. The van der Waals surface area contributed by atoms with Gasteiger partial charge in [0.05, 0.1) is 23.8 Å². The minimum atomic E-state index is -1.17. The smallest absolute Gasteiger partial charge is 0.251 e. The number of aliphatic hydroxyl groups excluding tert-OH is 2. The molecule has 1 aliphatic rings. The van der Waals surface area contributed by atoms with Gasteiger partial charge in [0, 0.05) is 38.2 Å². The SMILES string of the molecule is C=CC1C(CO)OC(Oc2ccc(-c3cc(C(=O)NC)cc(C(=O)NC)c3)cc2Cl)C(O)C1OC. The van der Waals surface area contributed by atoms with Gasteiger partial charge in [-0.3, -0.25) is 9.59 Å². The van der Waals surface area contributed by atoms with Crippen molar-refractivity contribution >= 4 is 23.4 Å². The Bertz CT molecular complexity index is 1060. The van der Waals surface area contributed by atoms with Crippen molar-refractivity contribution in [3.63, 3.8) is 0 Å². The lowest BCUT2D eigenvalue weighted by Crippen LogP contribution is -2.57. The van der Waals surface area contributed by atoms with Crippen molar-refractivity contribution < 1.29 is 34.0 Å². The minimum absolute atomic E-state index is 0.213. The van der Waals surface area contributed by atoms with Crippen LogP contribution in [0.4, 0.5) is 0 Å². The third-order valence-corrected chi connectivity index (χ3v) is 6.17. The van der Waals surface area contributed by atoms with Gasteiger partial charge in [0.2, 0.25) is 6.29 Å². The minimum Gasteiger partial charge on any atom is -0.460 e. The second-order valence-corrected chi connectivity index (χ2v) is 8.36. The number of amides is 2. The number of carbonyl (C=O) groups is 2. The second-order valence-electron chi connectivity index (χ2n) is 7.95. The Kier molecular flexibility index (Phi) is 8.87. The van der Waals surface area contributed by atoms with Crippen molar-refractivity contribution in [2.75, 3.05) is 27.8 Å². The van der Waals surface area contributed by atoms with Crippen molar-refractivity contribution in [3.8, 4) is 16.9 Å². The molecule has 2 aromatic rings. The molecule has 4 N–H and O–H groups in total. The van der Waals surface area contributed by atoms with Crippen LogP contribution >= 0.6 is 11.6 Å². The number of halogens is 1. The van der Waals surface area contributed by atoms with E-state index in [1.807, 2.05) is 0 Å². The second kappa shape index (κ2) is 11.7. The van der Waals surface area contributed by atoms with Crippen LogP contribution in [-0.2, 0) is 9.47 Å². The van der Waals surface area contributed by atoms with Crippen LogP contribution in [0, 0.1) is 5.92 Å². The molecular weight excluding hydrogens is 476 g/mol. The van der Waals surface area contributed by atoms with E-state index in [1.54, 1.807) is 36.4 Å². The van der Waals surface area contributed by atoms with E-state index < -0.39 is 30.5 Å². The van der Waals surface area contributed by atoms with E-state index in [0.717, 1.165) is 0 Å². The average molecular weight is 505 g/mol. The standard InChI is InChI=1S/C25H29ClN2O7/c1-5-17-20(12-29)35-25(21(30)22(17)33-4)34-19-7-6-13(11-18(19)26)14-8-15(23(31)27-2)10-16(9-14)24(32)28-3/h5-11,17,20-22,25,29-30H,1,12H2,2-4H3,(H,27,31)(H,28,32). The first-order chi connectivity index (χ1) is 16.8. The highest BCUT2D eigenvalue weighted by Gasteiger charge is 2.45. The molecule has 1 aliphatic heterocycles. The Labute approximate surface area is 208 Å². The molecular formula is C25H29ClN2O7. The first kappa shape index (κ1) is 26.7. The topological polar surface area (TPSA) is 126 Å². The number of rotatable bonds is 8. The molecule has 35 heavy (non-hydrogen) atoms. The van der Waals surface area contributed by atoms with Crippen molar-refractivity contribution in [3.05, 3.63) is 65.2 Å². The number of carbonyl (C=O) groups excluding carboxylic acids is 2. The highest BCUT2D eigenvalue weighted by Crippen LogP contribution is 2.35. The Morgan fingerprint density at radius 1 is 1.11 bits per heavy atom. The lowest BCUT2D eigenvalue weighted by Gasteiger charge is -2.42. The van der Waals surface area contributed by atoms with E-state index in [2.05, 4.69) is 17.2 Å². The molecule has 5 unspecified atom stereocenters. The van der Waals surface area contributed by atoms with Crippen LogP contribution in [-0.4, -0.2) is 74.4 Å². The maximum Gasteiger partial charge on any atom is 0.251 e. The van der Waals surface area contributed by atoms with Crippen LogP contribution in [0.1, 0.15) is 20.7 Å². The number of nitrogens with one attached hydrogen (secondary N) is 2. The summed E-state index contributed by atoms with van der Waals surface area (Å²) < 4.78 is 17.0. The molecule has 0 spiro atoms. The molecule has 0 radical (unpaired) electrons. The van der Waals surface area contributed by atoms with Gasteiger partial charge < -0.3 is 35.1 Å². The number of aliphatic hydroxyl groups is 2. The predicted octanol–water partition coefficient (Wildman–Crippen LogP) is 2.00. The fraction of sp³-hybridized carbons (Fsp3) is 0.360. The monoisotopic (exact) mass is 504 g/mol. The predicted molar refractivity (Wildman–Crippen MR) is 131 cm³/mol. The lowest BCUT2D eigenvalue weighted by molar-refractivity contribution is -0.260. The van der Waals surface area contributed by atoms with Crippen LogP contribution in [0.2, 0.25) is 5.02 Å². The zero-order valence-electron chi connectivity index (χ0n) is 19.7. The van der Waals surface area contributed by atoms with Gasteiger partial charge in [-0.2, -0.15) is 0 Å². The zero-order valence-corrected chi connectivity index (χ0v) is 20.4. The number of benzene rings is 2. The van der Waals surface area contributed by atoms with Gasteiger partial charge in [-0.25, -0.2) is 0 Å². The first-order valence-corrected chi connectivity index (χ1v) is 11.3. The molecule has 1 saturated heterocycles. The van der Waals surface area contributed by atoms with Crippen LogP contribution in [0.3, 0.4) is 0 Å². The van der Waals surface area contributed by atoms with Crippen molar-refractivity contribution in [1.82, 2.24) is 10.6 Å². The van der Waals surface area contributed by atoms with Gasteiger partial charge in [0.15, 0.2) is 0 Å². The largest absolute Gasteiger partial charge is 0.460 e. The van der Waals surface area contributed by atoms with E-state index in [1.165, 1.54) is 27.3 Å². The van der Waals surface area contributed by atoms with Crippen molar-refractivity contribution in [2.24, 2.45) is 5.92 Å². The number of hydrogen-bond acceptors (Lipinski definition) is 7. The Morgan fingerprint density at radius 2 is 1.74 bits per heavy atom. The fourth-order valence-electron chi connectivity index (χ4n) is 4.03. The highest BCUT2D eigenvalue weighted by atomic mass is 35.5. The summed E-state index contributed by atoms with van der Waals surface area (Å²) in [6.45, 7) is 3.41. The lowest BCUT2D eigenvalue weighted by atomic mass is 9.89. The van der Waals surface area contributed by atoms with Gasteiger partial charge in [0.1, 0.15) is 11.9 Å². The molecule has 2 amide bonds. The van der Waals surface area contributed by atoms with Gasteiger partial charge in [-0.15, -0.1) is 6.58 Å². The molecule has 2 aromatic carbocycles. The van der Waals surface area contributed by atoms with Crippen LogP contribution in [0.15, 0.2) is 49.1 Å². The summed E-state index contributed by atoms with van der Waals surface area (Å²) in [6, 6.07) is 9.72. The molecule has 0 aromatic heterocycles. The Balaban J connectivity index is 1.91. The quantitative estimate of drug-likeness (QED) is 0.405. The summed E-state index contributed by atoms with van der Waals surface area (Å²) >= 11 is 6.48. The van der Waals surface area contributed by atoms with Crippen molar-refractivity contribution in [1.29, 1.82) is 0 Å². The van der Waals surface area contributed by atoms with Crippen molar-refractivity contribution in [2.45, 2.75) is 24.6 Å². The Hall–Kier alpha value is -2.95. The summed E-state index contributed by atoms with van der Waals surface area (Å²) in [6.07, 6.45) is -2.12. The van der Waals surface area contributed by atoms with Gasteiger partial charge in [-0.05, 0) is 41.5 Å². The summed E-state index contributed by atoms with van der Waals surface area (Å²) in [5, 5.41) is 25.7. The van der Waals surface area contributed by atoms with E-state index in [4.69, 9.17) is 25.8 Å². The fourth-order valence-corrected chi connectivity index (χ4v) is 4.25. The van der Waals surface area contributed by atoms with Gasteiger partial charge >= 0.3 is 0 Å². The number of hydrogen-bond donors (Lipinski definition) is 4. The molecule has 1 heterocycles. The molecule has 188 valence electrons. The summed E-state index contributed by atoms with van der Waals surface area (Å²) in [5.41, 5.74) is 1.87. The number of ether oxygens (including phenoxy) is 3. The van der Waals surface area contributed by atoms with Crippen LogP contribution in [0.5, 0.6) is 5.75 Å². The average Bonchev–Trinajstić information content (AvgIpc) is 2.88. The third kappa shape index (κ3) is 5.66. The van der Waals surface area contributed by atoms with Crippen LogP contribution in [0.25, 0.3) is 11.1 Å². The normalized spacial score (nSPS) is 23.9. The van der Waals surface area contributed by atoms with E-state index >= 15 is 0 Å². The van der Waals surface area contributed by atoms with Gasteiger partial charge in [0.25, 0.3) is 11.8 Å². The molecule has 0 bridgehead atoms. The van der Waals surface area contributed by atoms with Crippen LogP contribution < -0.4 is 15.4 Å². The Morgan fingerprint density at radius 3 is 2.23 bits per heavy atom. The molecule has 9 nitrogen and oxygen atoms in total.